The minimum absolute atomic E-state index is 0.109. The molecule has 0 saturated carbocycles. The van der Waals surface area contributed by atoms with Gasteiger partial charge in [0.05, 0.1) is 12.8 Å². The van der Waals surface area contributed by atoms with Crippen LogP contribution in [0.1, 0.15) is 21.5 Å². The van der Waals surface area contributed by atoms with Crippen LogP contribution in [0.5, 0.6) is 5.75 Å². The second kappa shape index (κ2) is 8.40. The Labute approximate surface area is 169 Å². The minimum atomic E-state index is -0.109. The first-order valence-corrected chi connectivity index (χ1v) is 9.31. The quantitative estimate of drug-likeness (QED) is 0.260. The average Bonchev–Trinajstić information content (AvgIpc) is 3.19. The number of H-pyrrole nitrogens is 1. The summed E-state index contributed by atoms with van der Waals surface area (Å²) in [6.45, 7) is 0. The molecule has 0 amide bonds. The molecule has 0 saturated heterocycles. The summed E-state index contributed by atoms with van der Waals surface area (Å²) in [5.74, 6) is 0.616. The van der Waals surface area contributed by atoms with Crippen molar-refractivity contribution in [2.24, 2.45) is 4.99 Å². The molecule has 1 N–H and O–H groups in total. The van der Waals surface area contributed by atoms with E-state index in [0.717, 1.165) is 27.8 Å². The molecule has 0 spiro atoms. The molecule has 29 heavy (non-hydrogen) atoms. The van der Waals surface area contributed by atoms with Crippen LogP contribution in [0.3, 0.4) is 0 Å². The molecule has 0 aliphatic rings. The number of benzene rings is 3. The highest BCUT2D eigenvalue weighted by Gasteiger charge is 2.08. The van der Waals surface area contributed by atoms with Gasteiger partial charge in [0.25, 0.3) is 0 Å². The number of nitrogens with one attached hydrogen (secondary N) is 1. The number of fused-ring (bicyclic) bond motifs is 1. The van der Waals surface area contributed by atoms with Crippen LogP contribution in [-0.4, -0.2) is 24.1 Å². The maximum atomic E-state index is 12.8. The van der Waals surface area contributed by atoms with Crippen molar-refractivity contribution in [1.82, 2.24) is 4.98 Å². The predicted molar refractivity (Wildman–Crippen MR) is 118 cm³/mol. The number of methoxy groups -OCH3 is 1. The third-order valence-electron chi connectivity index (χ3n) is 4.69. The van der Waals surface area contributed by atoms with Crippen molar-refractivity contribution < 1.29 is 9.53 Å². The third-order valence-corrected chi connectivity index (χ3v) is 4.69. The van der Waals surface area contributed by atoms with Gasteiger partial charge < -0.3 is 9.72 Å². The monoisotopic (exact) mass is 380 g/mol. The second-order valence-corrected chi connectivity index (χ2v) is 6.50. The molecule has 142 valence electrons. The van der Waals surface area contributed by atoms with Gasteiger partial charge in [0, 0.05) is 40.0 Å². The summed E-state index contributed by atoms with van der Waals surface area (Å²) in [7, 11) is 1.61. The van der Waals surface area contributed by atoms with E-state index in [4.69, 9.17) is 4.74 Å². The number of carbonyl (C=O) groups excluding carboxylic acids is 1. The van der Waals surface area contributed by atoms with Gasteiger partial charge in [-0.3, -0.25) is 9.79 Å². The van der Waals surface area contributed by atoms with Crippen LogP contribution < -0.4 is 4.74 Å². The molecule has 4 nitrogen and oxygen atoms in total. The minimum Gasteiger partial charge on any atom is -0.496 e. The molecule has 0 radical (unpaired) electrons. The Morgan fingerprint density at radius 3 is 2.59 bits per heavy atom. The first-order chi connectivity index (χ1) is 14.3. The summed E-state index contributed by atoms with van der Waals surface area (Å²) >= 11 is 0. The SMILES string of the molecule is COc1ccccc1/C=C/C(=O)c1ccccc1N=Cc1c[nH]c2ccccc12. The molecule has 4 heteroatoms. The molecular formula is C25H20N2O2. The molecule has 0 aliphatic carbocycles. The van der Waals surface area contributed by atoms with E-state index in [2.05, 4.69) is 9.98 Å². The van der Waals surface area contributed by atoms with Gasteiger partial charge in [0.2, 0.25) is 0 Å². The lowest BCUT2D eigenvalue weighted by Crippen LogP contribution is -1.95. The van der Waals surface area contributed by atoms with Gasteiger partial charge in [-0.25, -0.2) is 0 Å². The molecule has 4 aromatic rings. The summed E-state index contributed by atoms with van der Waals surface area (Å²) in [6.07, 6.45) is 7.02. The number of hydrogen-bond donors (Lipinski definition) is 1. The molecule has 0 unspecified atom stereocenters. The van der Waals surface area contributed by atoms with Crippen LogP contribution in [0, 0.1) is 0 Å². The fourth-order valence-corrected chi connectivity index (χ4v) is 3.19. The van der Waals surface area contributed by atoms with E-state index >= 15 is 0 Å². The molecule has 3 aromatic carbocycles. The Morgan fingerprint density at radius 2 is 1.69 bits per heavy atom. The van der Waals surface area contributed by atoms with Crippen molar-refractivity contribution in [1.29, 1.82) is 0 Å². The number of aromatic amines is 1. The van der Waals surface area contributed by atoms with Gasteiger partial charge in [-0.15, -0.1) is 0 Å². The third kappa shape index (κ3) is 4.01. The van der Waals surface area contributed by atoms with Crippen molar-refractivity contribution >= 4 is 34.7 Å². The molecular weight excluding hydrogens is 360 g/mol. The van der Waals surface area contributed by atoms with Crippen LogP contribution in [0.4, 0.5) is 5.69 Å². The topological polar surface area (TPSA) is 54.4 Å². The van der Waals surface area contributed by atoms with Crippen LogP contribution >= 0.6 is 0 Å². The van der Waals surface area contributed by atoms with Crippen molar-refractivity contribution in [2.45, 2.75) is 0 Å². The van der Waals surface area contributed by atoms with E-state index in [1.807, 2.05) is 72.9 Å². The highest BCUT2D eigenvalue weighted by molar-refractivity contribution is 6.10. The molecule has 0 aliphatic heterocycles. The second-order valence-electron chi connectivity index (χ2n) is 6.50. The number of para-hydroxylation sites is 3. The number of aromatic nitrogens is 1. The lowest BCUT2D eigenvalue weighted by Gasteiger charge is -2.04. The lowest BCUT2D eigenvalue weighted by atomic mass is 10.1. The fourth-order valence-electron chi connectivity index (χ4n) is 3.19. The van der Waals surface area contributed by atoms with Gasteiger partial charge in [0.15, 0.2) is 5.78 Å². The summed E-state index contributed by atoms with van der Waals surface area (Å²) in [5, 5.41) is 1.09. The summed E-state index contributed by atoms with van der Waals surface area (Å²) in [5.41, 5.74) is 4.07. The van der Waals surface area contributed by atoms with E-state index < -0.39 is 0 Å². The highest BCUT2D eigenvalue weighted by Crippen LogP contribution is 2.23. The Hall–Kier alpha value is -3.92. The average molecular weight is 380 g/mol. The molecule has 0 fully saturated rings. The Morgan fingerprint density at radius 1 is 0.931 bits per heavy atom. The zero-order valence-electron chi connectivity index (χ0n) is 16.0. The number of hydrogen-bond acceptors (Lipinski definition) is 3. The van der Waals surface area contributed by atoms with E-state index in [1.165, 1.54) is 0 Å². The Kier molecular flexibility index (Phi) is 5.34. The number of ether oxygens (including phenoxy) is 1. The van der Waals surface area contributed by atoms with Crippen LogP contribution in [-0.2, 0) is 0 Å². The summed E-state index contributed by atoms with van der Waals surface area (Å²) in [4.78, 5) is 20.6. The summed E-state index contributed by atoms with van der Waals surface area (Å²) in [6, 6.07) is 23.0. The molecule has 0 atom stereocenters. The molecule has 1 heterocycles. The lowest BCUT2D eigenvalue weighted by molar-refractivity contribution is 0.104. The largest absolute Gasteiger partial charge is 0.496 e. The van der Waals surface area contributed by atoms with Crippen LogP contribution in [0.25, 0.3) is 17.0 Å². The number of carbonyl (C=O) groups is 1. The zero-order valence-corrected chi connectivity index (χ0v) is 16.0. The number of nitrogens with zero attached hydrogens (tertiary/aromatic N) is 1. The van der Waals surface area contributed by atoms with Crippen molar-refractivity contribution in [2.75, 3.05) is 7.11 Å². The molecule has 0 bridgehead atoms. The standard InChI is InChI=1S/C25H20N2O2/c1-29-25-13-7-2-8-18(25)14-15-24(28)21-10-4-6-12-23(21)27-17-19-16-26-22-11-5-3-9-20(19)22/h2-17,26H,1H3/b15-14+,27-17?. The van der Waals surface area contributed by atoms with Crippen molar-refractivity contribution in [3.63, 3.8) is 0 Å². The number of aliphatic imine (C=N–C) groups is 1. The number of ketones is 1. The van der Waals surface area contributed by atoms with Crippen molar-refractivity contribution in [3.05, 3.63) is 102 Å². The highest BCUT2D eigenvalue weighted by atomic mass is 16.5. The predicted octanol–water partition coefficient (Wildman–Crippen LogP) is 5.82. The van der Waals surface area contributed by atoms with Gasteiger partial charge >= 0.3 is 0 Å². The molecule has 1 aromatic heterocycles. The maximum Gasteiger partial charge on any atom is 0.188 e. The van der Waals surface area contributed by atoms with Crippen LogP contribution in [0.2, 0.25) is 0 Å². The molecule has 4 rings (SSSR count). The van der Waals surface area contributed by atoms with Crippen LogP contribution in [0.15, 0.2) is 90.1 Å². The number of allylic oxidation sites excluding steroid dienone is 1. The number of rotatable bonds is 6. The van der Waals surface area contributed by atoms with Crippen molar-refractivity contribution in [3.8, 4) is 5.75 Å². The van der Waals surface area contributed by atoms with E-state index in [-0.39, 0.29) is 5.78 Å². The smallest absolute Gasteiger partial charge is 0.188 e. The zero-order chi connectivity index (χ0) is 20.1. The Balaban J connectivity index is 1.61. The normalized spacial score (nSPS) is 11.5. The van der Waals surface area contributed by atoms with Gasteiger partial charge in [0.1, 0.15) is 5.75 Å². The first kappa shape index (κ1) is 18.4. The van der Waals surface area contributed by atoms with Gasteiger partial charge in [-0.05, 0) is 36.4 Å². The van der Waals surface area contributed by atoms with Gasteiger partial charge in [-0.2, -0.15) is 0 Å². The summed E-state index contributed by atoms with van der Waals surface area (Å²) < 4.78 is 5.33. The Bertz CT molecular complexity index is 1220. The first-order valence-electron chi connectivity index (χ1n) is 9.31. The fraction of sp³-hybridized carbons (Fsp3) is 0.0400. The van der Waals surface area contributed by atoms with E-state index in [1.54, 1.807) is 31.5 Å². The van der Waals surface area contributed by atoms with E-state index in [9.17, 15) is 4.79 Å². The van der Waals surface area contributed by atoms with E-state index in [0.29, 0.717) is 11.3 Å². The maximum absolute atomic E-state index is 12.8. The van der Waals surface area contributed by atoms with Gasteiger partial charge in [-0.1, -0.05) is 48.5 Å².